The van der Waals surface area contributed by atoms with Crippen LogP contribution in [0.5, 0.6) is 5.75 Å². The van der Waals surface area contributed by atoms with Crippen molar-refractivity contribution in [2.75, 3.05) is 24.6 Å². The molecular formula is C29H34N2Na2O6. The van der Waals surface area contributed by atoms with Gasteiger partial charge >= 0.3 is 71.1 Å². The zero-order valence-corrected chi connectivity index (χ0v) is 21.1. The molecule has 39 heavy (non-hydrogen) atoms. The summed E-state index contributed by atoms with van der Waals surface area (Å²) in [4.78, 5) is 28.8. The van der Waals surface area contributed by atoms with Crippen LogP contribution in [0.2, 0.25) is 0 Å². The topological polar surface area (TPSA) is 113 Å². The molecule has 0 aliphatic heterocycles. The van der Waals surface area contributed by atoms with Gasteiger partial charge in [-0.1, -0.05) is 25.0 Å². The number of benzene rings is 3. The normalized spacial score (nSPS) is 10.7. The van der Waals surface area contributed by atoms with Gasteiger partial charge < -0.3 is 24.3 Å². The SMILES string of the molecule is CCN(CC)c1ccc2nc(-c3ccc4cc(OCCCCCC(C(=O)O)C(=O)O)ccc4c3)oc2c1.[NaH].[NaH]. The zero-order chi connectivity index (χ0) is 26.4. The summed E-state index contributed by atoms with van der Waals surface area (Å²) in [5, 5.41) is 19.9. The van der Waals surface area contributed by atoms with E-state index in [0.29, 0.717) is 25.3 Å². The van der Waals surface area contributed by atoms with Crippen molar-refractivity contribution in [3.05, 3.63) is 54.6 Å². The van der Waals surface area contributed by atoms with E-state index in [1.807, 2.05) is 42.5 Å². The number of aromatic nitrogens is 1. The Kier molecular flexibility index (Phi) is 13.3. The van der Waals surface area contributed by atoms with Crippen molar-refractivity contribution in [1.29, 1.82) is 0 Å². The fourth-order valence-corrected chi connectivity index (χ4v) is 4.44. The Labute approximate surface area is 272 Å². The standard InChI is InChI=1S/C29H32N2O6.2Na.2H/c1-3-31(4-2)22-12-14-25-26(18-22)37-27(30-25)21-10-9-20-17-23(13-11-19(20)16-21)36-15-7-5-6-8-24(28(32)33)29(34)35;;;;/h9-14,16-18,24H,3-8,15H2,1-2H3,(H,32,33)(H,34,35);;;;. The molecule has 198 valence electrons. The van der Waals surface area contributed by atoms with Crippen molar-refractivity contribution in [3.63, 3.8) is 0 Å². The first kappa shape index (κ1) is 33.1. The van der Waals surface area contributed by atoms with E-state index in [1.165, 1.54) is 0 Å². The molecule has 1 aromatic heterocycles. The van der Waals surface area contributed by atoms with Gasteiger partial charge in [0.25, 0.3) is 0 Å². The third-order valence-corrected chi connectivity index (χ3v) is 6.56. The molecule has 1 heterocycles. The average Bonchev–Trinajstić information content (AvgIpc) is 3.32. The Bertz CT molecular complexity index is 1390. The van der Waals surface area contributed by atoms with Crippen molar-refractivity contribution in [2.45, 2.75) is 39.5 Å². The Morgan fingerprint density at radius 1 is 0.897 bits per heavy atom. The minimum absolute atomic E-state index is 0. The molecule has 0 saturated carbocycles. The van der Waals surface area contributed by atoms with Crippen LogP contribution in [0.4, 0.5) is 5.69 Å². The molecule has 10 heteroatoms. The molecule has 0 aliphatic rings. The van der Waals surface area contributed by atoms with E-state index in [9.17, 15) is 9.59 Å². The van der Waals surface area contributed by atoms with E-state index in [4.69, 9.17) is 19.4 Å². The van der Waals surface area contributed by atoms with E-state index in [0.717, 1.165) is 58.4 Å². The van der Waals surface area contributed by atoms with Crippen molar-refractivity contribution >= 4 is 98.6 Å². The fourth-order valence-electron chi connectivity index (χ4n) is 4.44. The van der Waals surface area contributed by atoms with Crippen LogP contribution < -0.4 is 9.64 Å². The molecule has 4 rings (SSSR count). The molecule has 0 saturated heterocycles. The molecule has 2 N–H and O–H groups in total. The van der Waals surface area contributed by atoms with Crippen LogP contribution in [0, 0.1) is 5.92 Å². The van der Waals surface area contributed by atoms with Gasteiger partial charge in [-0.3, -0.25) is 9.59 Å². The summed E-state index contributed by atoms with van der Waals surface area (Å²) in [5.74, 6) is -2.58. The Hall–Kier alpha value is -2.07. The molecule has 3 aromatic carbocycles. The van der Waals surface area contributed by atoms with E-state index >= 15 is 0 Å². The van der Waals surface area contributed by atoms with Crippen LogP contribution >= 0.6 is 0 Å². The number of hydrogen-bond acceptors (Lipinski definition) is 6. The summed E-state index contributed by atoms with van der Waals surface area (Å²) < 4.78 is 12.0. The van der Waals surface area contributed by atoms with Gasteiger partial charge in [0.1, 0.15) is 11.3 Å². The summed E-state index contributed by atoms with van der Waals surface area (Å²) in [6.07, 6.45) is 2.07. The van der Waals surface area contributed by atoms with Crippen LogP contribution in [0.25, 0.3) is 33.3 Å². The number of rotatable bonds is 13. The van der Waals surface area contributed by atoms with Gasteiger partial charge in [0, 0.05) is 30.4 Å². The number of oxazole rings is 1. The first-order chi connectivity index (χ1) is 17.9. The van der Waals surface area contributed by atoms with Crippen molar-refractivity contribution < 1.29 is 29.0 Å². The third-order valence-electron chi connectivity index (χ3n) is 6.56. The summed E-state index contributed by atoms with van der Waals surface area (Å²) in [5.41, 5.74) is 3.62. The maximum absolute atomic E-state index is 10.9. The maximum atomic E-state index is 10.9. The molecule has 0 radical (unpaired) electrons. The van der Waals surface area contributed by atoms with Crippen molar-refractivity contribution in [2.24, 2.45) is 5.92 Å². The molecule has 0 atom stereocenters. The predicted molar refractivity (Wildman–Crippen MR) is 158 cm³/mol. The van der Waals surface area contributed by atoms with Crippen LogP contribution in [0.3, 0.4) is 0 Å². The number of carbonyl (C=O) groups is 2. The quantitative estimate of drug-likeness (QED) is 0.137. The van der Waals surface area contributed by atoms with Crippen molar-refractivity contribution in [3.8, 4) is 17.2 Å². The molecule has 4 aromatic rings. The second kappa shape index (κ2) is 15.6. The first-order valence-electron chi connectivity index (χ1n) is 12.7. The summed E-state index contributed by atoms with van der Waals surface area (Å²) in [6.45, 7) is 6.60. The predicted octanol–water partition coefficient (Wildman–Crippen LogP) is 4.92. The van der Waals surface area contributed by atoms with Gasteiger partial charge in [0.2, 0.25) is 5.89 Å². The summed E-state index contributed by atoms with van der Waals surface area (Å²) >= 11 is 0. The Morgan fingerprint density at radius 2 is 1.59 bits per heavy atom. The van der Waals surface area contributed by atoms with Crippen LogP contribution in [-0.2, 0) is 9.59 Å². The molecule has 0 unspecified atom stereocenters. The van der Waals surface area contributed by atoms with Crippen molar-refractivity contribution in [1.82, 2.24) is 4.98 Å². The van der Waals surface area contributed by atoms with Crippen LogP contribution in [0.1, 0.15) is 39.5 Å². The van der Waals surface area contributed by atoms with Crippen LogP contribution in [-0.4, -0.2) is 106 Å². The summed E-state index contributed by atoms with van der Waals surface area (Å²) in [7, 11) is 0. The molecule has 0 amide bonds. The van der Waals surface area contributed by atoms with Gasteiger partial charge in [0.15, 0.2) is 11.5 Å². The molecule has 0 bridgehead atoms. The van der Waals surface area contributed by atoms with Gasteiger partial charge in [-0.15, -0.1) is 0 Å². The van der Waals surface area contributed by atoms with Gasteiger partial charge in [-0.2, -0.15) is 0 Å². The third kappa shape index (κ3) is 8.46. The Morgan fingerprint density at radius 3 is 2.28 bits per heavy atom. The number of anilines is 1. The minimum atomic E-state index is -1.34. The zero-order valence-electron chi connectivity index (χ0n) is 21.1. The van der Waals surface area contributed by atoms with E-state index in [1.54, 1.807) is 0 Å². The number of nitrogens with zero attached hydrogens (tertiary/aromatic N) is 2. The second-order valence-electron chi connectivity index (χ2n) is 8.99. The number of ether oxygens (including phenoxy) is 1. The number of aliphatic carboxylic acids is 2. The summed E-state index contributed by atoms with van der Waals surface area (Å²) in [6, 6.07) is 18.1. The van der Waals surface area contributed by atoms with Crippen LogP contribution in [0.15, 0.2) is 59.0 Å². The van der Waals surface area contributed by atoms with Gasteiger partial charge in [0.05, 0.1) is 6.61 Å². The monoisotopic (exact) mass is 552 g/mol. The number of unbranched alkanes of at least 4 members (excludes halogenated alkanes) is 2. The number of carboxylic acid groups (broad SMARTS) is 2. The van der Waals surface area contributed by atoms with E-state index in [-0.39, 0.29) is 65.5 Å². The van der Waals surface area contributed by atoms with E-state index < -0.39 is 17.9 Å². The number of fused-ring (bicyclic) bond motifs is 2. The van der Waals surface area contributed by atoms with E-state index in [2.05, 4.69) is 35.9 Å². The molecular weight excluding hydrogens is 518 g/mol. The molecule has 0 fully saturated rings. The molecule has 0 aliphatic carbocycles. The first-order valence-corrected chi connectivity index (χ1v) is 12.7. The molecule has 0 spiro atoms. The van der Waals surface area contributed by atoms with Gasteiger partial charge in [-0.25, -0.2) is 4.98 Å². The Balaban J connectivity index is 0.00000267. The fraction of sp³-hybridized carbons (Fsp3) is 0.345. The molecule has 8 nitrogen and oxygen atoms in total. The average molecular weight is 553 g/mol. The van der Waals surface area contributed by atoms with Gasteiger partial charge in [-0.05, 0) is 73.9 Å². The number of carboxylic acids is 2. The second-order valence-corrected chi connectivity index (χ2v) is 8.99. The number of hydrogen-bond donors (Lipinski definition) is 2.